The van der Waals surface area contributed by atoms with E-state index in [-0.39, 0.29) is 23.5 Å². The third-order valence-corrected chi connectivity index (χ3v) is 4.25. The van der Waals surface area contributed by atoms with Gasteiger partial charge >= 0.3 is 0 Å². The Hall–Kier alpha value is -0.860. The largest absolute Gasteiger partial charge is 0.343 e. The Bertz CT molecular complexity index is 358. The molecule has 102 valence electrons. The van der Waals surface area contributed by atoms with Gasteiger partial charge in [-0.2, -0.15) is 0 Å². The summed E-state index contributed by atoms with van der Waals surface area (Å²) in [6, 6.07) is 0. The molecule has 0 saturated heterocycles. The molecule has 0 heterocycles. The average molecular weight is 251 g/mol. The predicted octanol–water partition coefficient (Wildman–Crippen LogP) is 2.54. The van der Waals surface area contributed by atoms with Crippen molar-refractivity contribution in [1.82, 2.24) is 5.32 Å². The first-order valence-corrected chi connectivity index (χ1v) is 7.23. The van der Waals surface area contributed by atoms with Crippen molar-refractivity contribution < 1.29 is 9.59 Å². The molecular weight excluding hydrogens is 226 g/mol. The number of amides is 1. The van der Waals surface area contributed by atoms with Crippen molar-refractivity contribution in [2.24, 2.45) is 23.7 Å². The summed E-state index contributed by atoms with van der Waals surface area (Å²) in [6.07, 6.45) is 4.59. The Labute approximate surface area is 110 Å². The van der Waals surface area contributed by atoms with Crippen molar-refractivity contribution >= 4 is 11.7 Å². The first kappa shape index (κ1) is 13.6. The zero-order valence-electron chi connectivity index (χ0n) is 12.0. The van der Waals surface area contributed by atoms with Crippen LogP contribution in [0.2, 0.25) is 0 Å². The Morgan fingerprint density at radius 2 is 1.78 bits per heavy atom. The third-order valence-electron chi connectivity index (χ3n) is 4.25. The summed E-state index contributed by atoms with van der Waals surface area (Å²) in [4.78, 5) is 24.3. The van der Waals surface area contributed by atoms with E-state index >= 15 is 0 Å². The van der Waals surface area contributed by atoms with Crippen LogP contribution in [0.1, 0.15) is 53.4 Å². The molecule has 2 saturated carbocycles. The molecule has 0 spiro atoms. The molecule has 2 aliphatic carbocycles. The fourth-order valence-corrected chi connectivity index (χ4v) is 2.77. The number of nitrogens with one attached hydrogen (secondary N) is 1. The number of ketones is 1. The van der Waals surface area contributed by atoms with E-state index in [4.69, 9.17) is 0 Å². The molecule has 2 rings (SSSR count). The second-order valence-corrected chi connectivity index (χ2v) is 6.71. The van der Waals surface area contributed by atoms with Crippen molar-refractivity contribution in [3.63, 3.8) is 0 Å². The van der Waals surface area contributed by atoms with E-state index in [1.54, 1.807) is 0 Å². The van der Waals surface area contributed by atoms with Crippen LogP contribution in [0.3, 0.4) is 0 Å². The maximum Gasteiger partial charge on any atom is 0.223 e. The molecule has 0 bridgehead atoms. The zero-order valence-corrected chi connectivity index (χ0v) is 12.0. The van der Waals surface area contributed by atoms with E-state index in [9.17, 15) is 9.59 Å². The van der Waals surface area contributed by atoms with Gasteiger partial charge in [0, 0.05) is 11.8 Å². The van der Waals surface area contributed by atoms with Crippen molar-refractivity contribution in [3.8, 4) is 0 Å². The van der Waals surface area contributed by atoms with E-state index in [0.717, 1.165) is 18.8 Å². The molecular formula is C15H25NO2. The smallest absolute Gasteiger partial charge is 0.223 e. The highest BCUT2D eigenvalue weighted by Crippen LogP contribution is 2.53. The molecule has 1 amide bonds. The lowest BCUT2D eigenvalue weighted by Gasteiger charge is -2.22. The van der Waals surface area contributed by atoms with Crippen LogP contribution in [0, 0.1) is 23.7 Å². The Morgan fingerprint density at radius 3 is 2.22 bits per heavy atom. The van der Waals surface area contributed by atoms with E-state index in [1.165, 1.54) is 12.8 Å². The van der Waals surface area contributed by atoms with Crippen LogP contribution in [0.4, 0.5) is 0 Å². The number of rotatable bonds is 6. The van der Waals surface area contributed by atoms with E-state index in [0.29, 0.717) is 5.92 Å². The molecule has 0 aliphatic heterocycles. The summed E-state index contributed by atoms with van der Waals surface area (Å²) >= 11 is 0. The van der Waals surface area contributed by atoms with Crippen LogP contribution in [0.5, 0.6) is 0 Å². The standard InChI is InChI=1S/C15H25NO2/c1-9(2)13(17)15(16-14(18)10(3)4)8-12(15)7-11-5-6-11/h9-12H,5-8H2,1-4H3,(H,16,18). The van der Waals surface area contributed by atoms with Crippen LogP contribution in [-0.2, 0) is 9.59 Å². The maximum atomic E-state index is 12.4. The lowest BCUT2D eigenvalue weighted by molar-refractivity contribution is -0.132. The minimum absolute atomic E-state index is 0.00154. The fourth-order valence-electron chi connectivity index (χ4n) is 2.77. The van der Waals surface area contributed by atoms with Gasteiger partial charge in [0.25, 0.3) is 0 Å². The van der Waals surface area contributed by atoms with Gasteiger partial charge in [-0.25, -0.2) is 0 Å². The van der Waals surface area contributed by atoms with Gasteiger partial charge in [0.15, 0.2) is 5.78 Å². The molecule has 0 aromatic heterocycles. The molecule has 0 aromatic carbocycles. The Balaban J connectivity index is 2.04. The highest BCUT2D eigenvalue weighted by atomic mass is 16.2. The van der Waals surface area contributed by atoms with E-state index in [1.807, 2.05) is 27.7 Å². The molecule has 3 nitrogen and oxygen atoms in total. The lowest BCUT2D eigenvalue weighted by atomic mass is 9.95. The highest BCUT2D eigenvalue weighted by molar-refractivity contribution is 5.97. The number of hydrogen-bond donors (Lipinski definition) is 1. The van der Waals surface area contributed by atoms with Gasteiger partial charge in [-0.3, -0.25) is 9.59 Å². The first-order chi connectivity index (χ1) is 8.36. The van der Waals surface area contributed by atoms with Crippen LogP contribution >= 0.6 is 0 Å². The summed E-state index contributed by atoms with van der Waals surface area (Å²) in [5.41, 5.74) is -0.516. The quantitative estimate of drug-likeness (QED) is 0.788. The molecule has 2 atom stereocenters. The normalized spacial score (nSPS) is 30.7. The molecule has 3 heteroatoms. The highest BCUT2D eigenvalue weighted by Gasteiger charge is 2.61. The monoisotopic (exact) mass is 251 g/mol. The number of Topliss-reactive ketones (excluding diaryl/α,β-unsaturated/α-hetero) is 1. The van der Waals surface area contributed by atoms with Gasteiger partial charge in [-0.1, -0.05) is 40.5 Å². The van der Waals surface area contributed by atoms with Crippen LogP contribution in [0.25, 0.3) is 0 Å². The summed E-state index contributed by atoms with van der Waals surface area (Å²) in [7, 11) is 0. The number of carbonyl (C=O) groups is 2. The summed E-state index contributed by atoms with van der Waals surface area (Å²) in [6.45, 7) is 7.61. The van der Waals surface area contributed by atoms with Crippen molar-refractivity contribution in [3.05, 3.63) is 0 Å². The molecule has 2 aliphatic rings. The topological polar surface area (TPSA) is 46.2 Å². The van der Waals surface area contributed by atoms with Crippen molar-refractivity contribution in [2.75, 3.05) is 0 Å². The van der Waals surface area contributed by atoms with Crippen LogP contribution < -0.4 is 5.32 Å². The summed E-state index contributed by atoms with van der Waals surface area (Å²) in [5, 5.41) is 3.04. The van der Waals surface area contributed by atoms with Gasteiger partial charge < -0.3 is 5.32 Å². The third kappa shape index (κ3) is 2.60. The zero-order chi connectivity index (χ0) is 13.5. The van der Waals surface area contributed by atoms with Gasteiger partial charge in [0.2, 0.25) is 5.91 Å². The number of carbonyl (C=O) groups excluding carboxylic acids is 2. The Kier molecular flexibility index (Phi) is 3.52. The fraction of sp³-hybridized carbons (Fsp3) is 0.867. The van der Waals surface area contributed by atoms with Gasteiger partial charge in [-0.15, -0.1) is 0 Å². The molecule has 18 heavy (non-hydrogen) atoms. The number of hydrogen-bond acceptors (Lipinski definition) is 2. The second kappa shape index (κ2) is 4.67. The minimum atomic E-state index is -0.516. The van der Waals surface area contributed by atoms with Crippen molar-refractivity contribution in [2.45, 2.75) is 58.9 Å². The molecule has 0 radical (unpaired) electrons. The molecule has 2 fully saturated rings. The average Bonchev–Trinajstić information content (AvgIpc) is 3.18. The predicted molar refractivity (Wildman–Crippen MR) is 71.0 cm³/mol. The van der Waals surface area contributed by atoms with E-state index in [2.05, 4.69) is 5.32 Å². The lowest BCUT2D eigenvalue weighted by Crippen LogP contribution is -2.48. The van der Waals surface area contributed by atoms with Gasteiger partial charge in [-0.05, 0) is 24.7 Å². The summed E-state index contributed by atoms with van der Waals surface area (Å²) < 4.78 is 0. The van der Waals surface area contributed by atoms with E-state index < -0.39 is 5.54 Å². The Morgan fingerprint density at radius 1 is 1.17 bits per heavy atom. The van der Waals surface area contributed by atoms with Crippen LogP contribution in [-0.4, -0.2) is 17.2 Å². The van der Waals surface area contributed by atoms with Gasteiger partial charge in [0.05, 0.1) is 0 Å². The molecule has 2 unspecified atom stereocenters. The summed E-state index contributed by atoms with van der Waals surface area (Å²) in [5.74, 6) is 1.39. The van der Waals surface area contributed by atoms with Gasteiger partial charge in [0.1, 0.15) is 5.54 Å². The SMILES string of the molecule is CC(C)C(=O)NC1(C(=O)C(C)C)CC1CC1CC1. The second-order valence-electron chi connectivity index (χ2n) is 6.71. The molecule has 1 N–H and O–H groups in total. The minimum Gasteiger partial charge on any atom is -0.343 e. The van der Waals surface area contributed by atoms with Crippen molar-refractivity contribution in [1.29, 1.82) is 0 Å². The first-order valence-electron chi connectivity index (χ1n) is 7.23. The van der Waals surface area contributed by atoms with Crippen LogP contribution in [0.15, 0.2) is 0 Å². The molecule has 0 aromatic rings. The maximum absolute atomic E-state index is 12.4.